The molecule has 4 nitrogen and oxygen atoms in total. The van der Waals surface area contributed by atoms with Gasteiger partial charge in [-0.25, -0.2) is 0 Å². The molecule has 0 atom stereocenters. The molecule has 0 amide bonds. The van der Waals surface area contributed by atoms with Gasteiger partial charge in [0.2, 0.25) is 0 Å². The van der Waals surface area contributed by atoms with Crippen LogP contribution in [0.15, 0.2) is 29.4 Å². The predicted octanol–water partition coefficient (Wildman–Crippen LogP) is 1.96. The number of amidine groups is 1. The van der Waals surface area contributed by atoms with Crippen LogP contribution in [0.2, 0.25) is 5.02 Å². The molecule has 0 saturated heterocycles. The van der Waals surface area contributed by atoms with Gasteiger partial charge >= 0.3 is 0 Å². The van der Waals surface area contributed by atoms with E-state index in [0.29, 0.717) is 6.42 Å². The van der Waals surface area contributed by atoms with Crippen molar-refractivity contribution in [3.8, 4) is 0 Å². The van der Waals surface area contributed by atoms with Crippen LogP contribution in [-0.4, -0.2) is 17.6 Å². The van der Waals surface area contributed by atoms with Crippen molar-refractivity contribution in [1.82, 2.24) is 5.32 Å². The summed E-state index contributed by atoms with van der Waals surface area (Å²) in [5, 5.41) is 15.2. The number of nitrogens with two attached hydrogens (primary N) is 1. The Morgan fingerprint density at radius 3 is 2.88 bits per heavy atom. The second-order valence-corrected chi connectivity index (χ2v) is 3.87. The third kappa shape index (κ3) is 4.51. The summed E-state index contributed by atoms with van der Waals surface area (Å²) >= 11 is 6.00. The molecule has 1 aromatic carbocycles. The summed E-state index contributed by atoms with van der Waals surface area (Å²) in [7, 11) is 0. The summed E-state index contributed by atoms with van der Waals surface area (Å²) in [6.07, 6.45) is 1.42. The molecule has 0 aliphatic rings. The van der Waals surface area contributed by atoms with Crippen molar-refractivity contribution in [1.29, 1.82) is 0 Å². The number of nitrogens with one attached hydrogen (secondary N) is 1. The normalized spacial score (nSPS) is 11.7. The van der Waals surface area contributed by atoms with Gasteiger partial charge in [0.15, 0.2) is 0 Å². The lowest BCUT2D eigenvalue weighted by atomic mass is 10.2. The Morgan fingerprint density at radius 1 is 1.44 bits per heavy atom. The molecule has 0 aromatic heterocycles. The van der Waals surface area contributed by atoms with Crippen LogP contribution in [0, 0.1) is 0 Å². The van der Waals surface area contributed by atoms with E-state index in [1.54, 1.807) is 0 Å². The van der Waals surface area contributed by atoms with Crippen LogP contribution in [0.4, 0.5) is 0 Å². The van der Waals surface area contributed by atoms with E-state index in [4.69, 9.17) is 22.5 Å². The molecule has 0 heterocycles. The molecule has 0 aliphatic heterocycles. The molecule has 0 bridgehead atoms. The lowest BCUT2D eigenvalue weighted by Crippen LogP contribution is -2.18. The Balaban J connectivity index is 2.19. The summed E-state index contributed by atoms with van der Waals surface area (Å²) in [6.45, 7) is 1.54. The summed E-state index contributed by atoms with van der Waals surface area (Å²) < 4.78 is 0. The van der Waals surface area contributed by atoms with Crippen molar-refractivity contribution < 1.29 is 5.21 Å². The van der Waals surface area contributed by atoms with Gasteiger partial charge in [0.05, 0.1) is 0 Å². The minimum atomic E-state index is 0.263. The Labute approximate surface area is 100 Å². The Morgan fingerprint density at radius 2 is 2.19 bits per heavy atom. The van der Waals surface area contributed by atoms with Crippen molar-refractivity contribution in [3.63, 3.8) is 0 Å². The van der Waals surface area contributed by atoms with Crippen LogP contribution in [0.3, 0.4) is 0 Å². The van der Waals surface area contributed by atoms with Gasteiger partial charge in [0.25, 0.3) is 0 Å². The Hall–Kier alpha value is -1.26. The lowest BCUT2D eigenvalue weighted by Gasteiger charge is -2.06. The van der Waals surface area contributed by atoms with Crippen LogP contribution < -0.4 is 11.1 Å². The van der Waals surface area contributed by atoms with Gasteiger partial charge in [-0.3, -0.25) is 0 Å². The van der Waals surface area contributed by atoms with E-state index in [2.05, 4.69) is 10.5 Å². The molecule has 88 valence electrons. The highest BCUT2D eigenvalue weighted by atomic mass is 35.5. The molecule has 5 heteroatoms. The Bertz CT molecular complexity index is 355. The predicted molar refractivity (Wildman–Crippen MR) is 65.8 cm³/mol. The number of hydrogen-bond acceptors (Lipinski definition) is 3. The van der Waals surface area contributed by atoms with Gasteiger partial charge in [0.1, 0.15) is 5.84 Å². The number of nitrogens with zero attached hydrogens (tertiary/aromatic N) is 1. The summed E-state index contributed by atoms with van der Waals surface area (Å²) in [6, 6.07) is 7.72. The Kier molecular flexibility index (Phi) is 5.67. The molecule has 0 unspecified atom stereocenters. The van der Waals surface area contributed by atoms with Gasteiger partial charge in [-0.05, 0) is 24.6 Å². The zero-order valence-corrected chi connectivity index (χ0v) is 9.74. The minimum Gasteiger partial charge on any atom is -0.409 e. The topological polar surface area (TPSA) is 70.6 Å². The quantitative estimate of drug-likeness (QED) is 0.234. The molecule has 4 N–H and O–H groups in total. The molecule has 1 aromatic rings. The first-order valence-corrected chi connectivity index (χ1v) is 5.52. The monoisotopic (exact) mass is 241 g/mol. The first-order valence-electron chi connectivity index (χ1n) is 5.14. The average molecular weight is 242 g/mol. The van der Waals surface area contributed by atoms with Crippen LogP contribution in [0.25, 0.3) is 0 Å². The molecule has 0 fully saturated rings. The second-order valence-electron chi connectivity index (χ2n) is 3.46. The second kappa shape index (κ2) is 7.09. The molecule has 0 saturated carbocycles. The zero-order chi connectivity index (χ0) is 11.8. The summed E-state index contributed by atoms with van der Waals surface area (Å²) in [4.78, 5) is 0. The van der Waals surface area contributed by atoms with E-state index in [1.165, 1.54) is 0 Å². The van der Waals surface area contributed by atoms with E-state index in [0.717, 1.165) is 30.1 Å². The number of rotatable bonds is 6. The third-order valence-electron chi connectivity index (χ3n) is 2.19. The fourth-order valence-electron chi connectivity index (χ4n) is 1.31. The maximum absolute atomic E-state index is 8.33. The standard InChI is InChI=1S/C11H16ClN3O/c12-10-5-2-1-4-9(10)8-14-7-3-6-11(13)15-16/h1-2,4-5,14,16H,3,6-8H2,(H2,13,15). The summed E-state index contributed by atoms with van der Waals surface area (Å²) in [5.74, 6) is 0.263. The van der Waals surface area contributed by atoms with Crippen LogP contribution >= 0.6 is 11.6 Å². The molecule has 0 aliphatic carbocycles. The van der Waals surface area contributed by atoms with Crippen molar-refractivity contribution >= 4 is 17.4 Å². The number of hydrogen-bond donors (Lipinski definition) is 3. The van der Waals surface area contributed by atoms with Crippen molar-refractivity contribution in [3.05, 3.63) is 34.9 Å². The molecular weight excluding hydrogens is 226 g/mol. The van der Waals surface area contributed by atoms with E-state index < -0.39 is 0 Å². The number of oxime groups is 1. The van der Waals surface area contributed by atoms with E-state index in [1.807, 2.05) is 24.3 Å². The molecule has 0 radical (unpaired) electrons. The number of benzene rings is 1. The molecule has 0 spiro atoms. The SMILES string of the molecule is NC(CCCNCc1ccccc1Cl)=NO. The van der Waals surface area contributed by atoms with Gasteiger partial charge in [-0.2, -0.15) is 0 Å². The minimum absolute atomic E-state index is 0.263. The third-order valence-corrected chi connectivity index (χ3v) is 2.56. The highest BCUT2D eigenvalue weighted by Crippen LogP contribution is 2.14. The molecule has 16 heavy (non-hydrogen) atoms. The fourth-order valence-corrected chi connectivity index (χ4v) is 1.51. The first-order chi connectivity index (χ1) is 7.74. The largest absolute Gasteiger partial charge is 0.409 e. The van der Waals surface area contributed by atoms with Crippen LogP contribution in [0.1, 0.15) is 18.4 Å². The van der Waals surface area contributed by atoms with Gasteiger partial charge in [-0.1, -0.05) is 35.0 Å². The van der Waals surface area contributed by atoms with Crippen molar-refractivity contribution in [2.75, 3.05) is 6.54 Å². The molecule has 1 rings (SSSR count). The smallest absolute Gasteiger partial charge is 0.139 e. The number of halogens is 1. The first kappa shape index (κ1) is 12.8. The van der Waals surface area contributed by atoms with Crippen molar-refractivity contribution in [2.24, 2.45) is 10.9 Å². The van der Waals surface area contributed by atoms with E-state index in [9.17, 15) is 0 Å². The van der Waals surface area contributed by atoms with Crippen LogP contribution in [0.5, 0.6) is 0 Å². The fraction of sp³-hybridized carbons (Fsp3) is 0.364. The van der Waals surface area contributed by atoms with Gasteiger partial charge in [-0.15, -0.1) is 0 Å². The molecular formula is C11H16ClN3O. The van der Waals surface area contributed by atoms with Crippen molar-refractivity contribution in [2.45, 2.75) is 19.4 Å². The van der Waals surface area contributed by atoms with Gasteiger partial charge < -0.3 is 16.3 Å². The average Bonchev–Trinajstić information content (AvgIpc) is 2.30. The lowest BCUT2D eigenvalue weighted by molar-refractivity contribution is 0.316. The zero-order valence-electron chi connectivity index (χ0n) is 8.99. The van der Waals surface area contributed by atoms with Gasteiger partial charge in [0, 0.05) is 18.0 Å². The maximum atomic E-state index is 8.33. The maximum Gasteiger partial charge on any atom is 0.139 e. The van der Waals surface area contributed by atoms with Crippen LogP contribution in [-0.2, 0) is 6.54 Å². The highest BCUT2D eigenvalue weighted by molar-refractivity contribution is 6.31. The van der Waals surface area contributed by atoms with E-state index >= 15 is 0 Å². The summed E-state index contributed by atoms with van der Waals surface area (Å²) in [5.41, 5.74) is 6.42. The highest BCUT2D eigenvalue weighted by Gasteiger charge is 1.98. The van der Waals surface area contributed by atoms with E-state index in [-0.39, 0.29) is 5.84 Å².